The minimum Gasteiger partial charge on any atom is -0.455 e. The topological polar surface area (TPSA) is 43.4 Å². The molecule has 1 aliphatic rings. The maximum Gasteiger partial charge on any atom is 0.303 e. The lowest BCUT2D eigenvalue weighted by molar-refractivity contribution is -0.155. The van der Waals surface area contributed by atoms with Gasteiger partial charge in [-0.3, -0.25) is 9.59 Å². The molecule has 0 saturated heterocycles. The maximum absolute atomic E-state index is 11.4. The van der Waals surface area contributed by atoms with Gasteiger partial charge in [0.15, 0.2) is 11.9 Å². The second-order valence-electron chi connectivity index (χ2n) is 3.34. The van der Waals surface area contributed by atoms with Crippen LogP contribution in [0.5, 0.6) is 0 Å². The van der Waals surface area contributed by atoms with E-state index in [0.717, 1.165) is 6.42 Å². The molecule has 2 unspecified atom stereocenters. The van der Waals surface area contributed by atoms with Gasteiger partial charge in [-0.05, 0) is 18.8 Å². The van der Waals surface area contributed by atoms with Crippen LogP contribution in [0.1, 0.15) is 26.2 Å². The van der Waals surface area contributed by atoms with Gasteiger partial charge in [0.1, 0.15) is 0 Å². The summed E-state index contributed by atoms with van der Waals surface area (Å²) in [5.41, 5.74) is 0. The van der Waals surface area contributed by atoms with Crippen LogP contribution in [0.15, 0.2) is 12.7 Å². The summed E-state index contributed by atoms with van der Waals surface area (Å²) >= 11 is 0. The van der Waals surface area contributed by atoms with Crippen LogP contribution in [-0.2, 0) is 14.3 Å². The lowest BCUT2D eigenvalue weighted by atomic mass is 9.86. The smallest absolute Gasteiger partial charge is 0.303 e. The zero-order chi connectivity index (χ0) is 9.84. The zero-order valence-electron chi connectivity index (χ0n) is 7.79. The molecule has 0 aromatic carbocycles. The van der Waals surface area contributed by atoms with E-state index in [1.165, 1.54) is 6.92 Å². The van der Waals surface area contributed by atoms with Crippen LogP contribution < -0.4 is 0 Å². The van der Waals surface area contributed by atoms with Crippen LogP contribution in [0.25, 0.3) is 0 Å². The van der Waals surface area contributed by atoms with Crippen molar-refractivity contribution in [3.63, 3.8) is 0 Å². The first-order chi connectivity index (χ1) is 6.13. The van der Waals surface area contributed by atoms with Gasteiger partial charge in [0.05, 0.1) is 0 Å². The van der Waals surface area contributed by atoms with Crippen molar-refractivity contribution in [2.75, 3.05) is 0 Å². The van der Waals surface area contributed by atoms with Gasteiger partial charge >= 0.3 is 5.97 Å². The molecule has 0 N–H and O–H groups in total. The molecule has 0 amide bonds. The summed E-state index contributed by atoms with van der Waals surface area (Å²) in [5.74, 6) is -0.0962. The maximum atomic E-state index is 11.4. The lowest BCUT2D eigenvalue weighted by Crippen LogP contribution is -2.32. The number of rotatable bonds is 2. The molecule has 0 radical (unpaired) electrons. The Morgan fingerprint density at radius 2 is 2.31 bits per heavy atom. The van der Waals surface area contributed by atoms with Gasteiger partial charge in [0.25, 0.3) is 0 Å². The summed E-state index contributed by atoms with van der Waals surface area (Å²) < 4.78 is 4.87. The predicted molar refractivity (Wildman–Crippen MR) is 48.1 cm³/mol. The molecular weight excluding hydrogens is 168 g/mol. The number of hydrogen-bond donors (Lipinski definition) is 0. The van der Waals surface area contributed by atoms with Gasteiger partial charge in [0, 0.05) is 13.3 Å². The number of esters is 1. The predicted octanol–water partition coefficient (Wildman–Crippen LogP) is 1.47. The van der Waals surface area contributed by atoms with E-state index in [0.29, 0.717) is 12.8 Å². The second-order valence-corrected chi connectivity index (χ2v) is 3.34. The van der Waals surface area contributed by atoms with Crippen LogP contribution in [0.4, 0.5) is 0 Å². The van der Waals surface area contributed by atoms with Crippen molar-refractivity contribution in [3.05, 3.63) is 12.7 Å². The van der Waals surface area contributed by atoms with Crippen molar-refractivity contribution < 1.29 is 14.3 Å². The van der Waals surface area contributed by atoms with E-state index in [1.807, 2.05) is 0 Å². The minimum atomic E-state index is -0.506. The molecule has 72 valence electrons. The van der Waals surface area contributed by atoms with Crippen LogP contribution in [0, 0.1) is 5.92 Å². The molecule has 1 saturated carbocycles. The summed E-state index contributed by atoms with van der Waals surface area (Å²) in [7, 11) is 0. The lowest BCUT2D eigenvalue weighted by Gasteiger charge is -2.24. The second kappa shape index (κ2) is 4.21. The third-order valence-corrected chi connectivity index (χ3v) is 2.26. The molecule has 0 heterocycles. The first-order valence-corrected chi connectivity index (χ1v) is 4.46. The fourth-order valence-electron chi connectivity index (χ4n) is 1.54. The van der Waals surface area contributed by atoms with Crippen molar-refractivity contribution in [1.29, 1.82) is 0 Å². The van der Waals surface area contributed by atoms with Crippen LogP contribution in [0.3, 0.4) is 0 Å². The highest BCUT2D eigenvalue weighted by molar-refractivity contribution is 5.86. The Hall–Kier alpha value is -1.12. The van der Waals surface area contributed by atoms with Crippen LogP contribution in [0.2, 0.25) is 0 Å². The molecule has 0 spiro atoms. The third kappa shape index (κ3) is 2.68. The van der Waals surface area contributed by atoms with E-state index in [2.05, 4.69) is 6.58 Å². The number of ketones is 1. The van der Waals surface area contributed by atoms with Gasteiger partial charge in [-0.2, -0.15) is 0 Å². The fraction of sp³-hybridized carbons (Fsp3) is 0.600. The number of Topliss-reactive ketones (excluding diaryl/α,β-unsaturated/α-hetero) is 1. The molecule has 0 aromatic rings. The quantitative estimate of drug-likeness (QED) is 0.480. The molecule has 3 nitrogen and oxygen atoms in total. The SMILES string of the molecule is C=CC1CCC(OC(C)=O)C(=O)C1. The van der Waals surface area contributed by atoms with Gasteiger partial charge in [0.2, 0.25) is 0 Å². The number of allylic oxidation sites excluding steroid dienone is 1. The molecule has 0 aromatic heterocycles. The van der Waals surface area contributed by atoms with Crippen LogP contribution >= 0.6 is 0 Å². The monoisotopic (exact) mass is 182 g/mol. The molecule has 3 heteroatoms. The van der Waals surface area contributed by atoms with Gasteiger partial charge < -0.3 is 4.74 Å². The highest BCUT2D eigenvalue weighted by atomic mass is 16.5. The van der Waals surface area contributed by atoms with Crippen molar-refractivity contribution in [3.8, 4) is 0 Å². The average Bonchev–Trinajstić information content (AvgIpc) is 2.08. The van der Waals surface area contributed by atoms with Crippen LogP contribution in [-0.4, -0.2) is 17.9 Å². The summed E-state index contributed by atoms with van der Waals surface area (Å²) in [6.45, 7) is 4.97. The first kappa shape index (κ1) is 9.96. The minimum absolute atomic E-state index is 0.0198. The fourth-order valence-corrected chi connectivity index (χ4v) is 1.54. The number of carbonyl (C=O) groups excluding carboxylic acids is 2. The van der Waals surface area contributed by atoms with E-state index in [4.69, 9.17) is 4.74 Å². The molecule has 1 aliphatic carbocycles. The highest BCUT2D eigenvalue weighted by Gasteiger charge is 2.28. The molecule has 2 atom stereocenters. The van der Waals surface area contributed by atoms with Crippen molar-refractivity contribution >= 4 is 11.8 Å². The van der Waals surface area contributed by atoms with Gasteiger partial charge in [-0.1, -0.05) is 6.08 Å². The van der Waals surface area contributed by atoms with Crippen molar-refractivity contribution in [2.24, 2.45) is 5.92 Å². The van der Waals surface area contributed by atoms with Gasteiger partial charge in [-0.25, -0.2) is 0 Å². The zero-order valence-corrected chi connectivity index (χ0v) is 7.79. The molecule has 0 bridgehead atoms. The average molecular weight is 182 g/mol. The molecule has 0 aliphatic heterocycles. The normalized spacial score (nSPS) is 28.2. The standard InChI is InChI=1S/C10H14O3/c1-3-8-4-5-10(9(12)6-8)13-7(2)11/h3,8,10H,1,4-6H2,2H3. The Bertz CT molecular complexity index is 232. The Morgan fingerprint density at radius 3 is 2.77 bits per heavy atom. The number of ether oxygens (including phenoxy) is 1. The molecule has 1 rings (SSSR count). The van der Waals surface area contributed by atoms with Crippen molar-refractivity contribution in [1.82, 2.24) is 0 Å². The summed E-state index contributed by atoms with van der Waals surface area (Å²) in [6, 6.07) is 0. The first-order valence-electron chi connectivity index (χ1n) is 4.46. The summed E-state index contributed by atoms with van der Waals surface area (Å²) in [4.78, 5) is 22.0. The van der Waals surface area contributed by atoms with E-state index in [9.17, 15) is 9.59 Å². The molecule has 1 fully saturated rings. The molecule has 13 heavy (non-hydrogen) atoms. The van der Waals surface area contributed by atoms with Gasteiger partial charge in [-0.15, -0.1) is 6.58 Å². The number of carbonyl (C=O) groups is 2. The largest absolute Gasteiger partial charge is 0.455 e. The van der Waals surface area contributed by atoms with E-state index in [-0.39, 0.29) is 17.7 Å². The summed E-state index contributed by atoms with van der Waals surface area (Å²) in [5, 5.41) is 0. The van der Waals surface area contributed by atoms with E-state index < -0.39 is 6.10 Å². The Kier molecular flexibility index (Phi) is 3.23. The Balaban J connectivity index is 2.48. The van der Waals surface area contributed by atoms with E-state index in [1.54, 1.807) is 6.08 Å². The van der Waals surface area contributed by atoms with E-state index >= 15 is 0 Å². The Morgan fingerprint density at radius 1 is 1.62 bits per heavy atom. The molecular formula is C10H14O3. The summed E-state index contributed by atoms with van der Waals surface area (Å²) in [6.07, 6.45) is 3.26. The number of hydrogen-bond acceptors (Lipinski definition) is 3. The highest BCUT2D eigenvalue weighted by Crippen LogP contribution is 2.24. The third-order valence-electron chi connectivity index (χ3n) is 2.26. The Labute approximate surface area is 77.8 Å². The van der Waals surface area contributed by atoms with Crippen molar-refractivity contribution in [2.45, 2.75) is 32.3 Å².